The quantitative estimate of drug-likeness (QED) is 0.503. The second-order valence-corrected chi connectivity index (χ2v) is 6.95. The van der Waals surface area contributed by atoms with E-state index in [2.05, 4.69) is 41.5 Å². The molecule has 0 aliphatic carbocycles. The second-order valence-electron chi connectivity index (χ2n) is 6.54. The number of benzene rings is 2. The minimum Gasteiger partial charge on any atom is -0.385 e. The number of halogens is 1. The molecule has 1 aromatic heterocycles. The molecule has 26 heavy (non-hydrogen) atoms. The van der Waals surface area contributed by atoms with Crippen molar-refractivity contribution in [3.05, 3.63) is 70.4 Å². The van der Waals surface area contributed by atoms with Gasteiger partial charge < -0.3 is 10.7 Å². The third-order valence-electron chi connectivity index (χ3n) is 4.44. The van der Waals surface area contributed by atoms with E-state index in [9.17, 15) is 0 Å². The summed E-state index contributed by atoms with van der Waals surface area (Å²) in [5, 5.41) is 13.6. The van der Waals surface area contributed by atoms with Crippen LogP contribution in [0.25, 0.3) is 10.9 Å². The van der Waals surface area contributed by atoms with Crippen molar-refractivity contribution in [3.8, 4) is 0 Å². The first-order chi connectivity index (χ1) is 12.6. The second kappa shape index (κ2) is 8.33. The predicted molar refractivity (Wildman–Crippen MR) is 112 cm³/mol. The smallest absolute Gasteiger partial charge is 0.0732 e. The number of aromatic nitrogens is 1. The van der Waals surface area contributed by atoms with Gasteiger partial charge >= 0.3 is 0 Å². The van der Waals surface area contributed by atoms with Crippen LogP contribution < -0.4 is 5.32 Å². The Labute approximate surface area is 159 Å². The van der Waals surface area contributed by atoms with Gasteiger partial charge in [-0.15, -0.1) is 0 Å². The average Bonchev–Trinajstić information content (AvgIpc) is 2.62. The van der Waals surface area contributed by atoms with Crippen LogP contribution in [0.4, 0.5) is 5.69 Å². The monoisotopic (exact) mass is 365 g/mol. The lowest BCUT2D eigenvalue weighted by Gasteiger charge is -2.12. The summed E-state index contributed by atoms with van der Waals surface area (Å²) in [6, 6.07) is 16.2. The number of nitrogens with one attached hydrogen (secondary N) is 2. The fourth-order valence-electron chi connectivity index (χ4n) is 3.15. The number of hydrogen-bond donors (Lipinski definition) is 2. The van der Waals surface area contributed by atoms with Crippen molar-refractivity contribution in [2.45, 2.75) is 33.1 Å². The Kier molecular flexibility index (Phi) is 5.89. The van der Waals surface area contributed by atoms with Crippen LogP contribution in [0.5, 0.6) is 0 Å². The van der Waals surface area contributed by atoms with Gasteiger partial charge in [0.1, 0.15) is 0 Å². The fourth-order valence-corrected chi connectivity index (χ4v) is 3.38. The van der Waals surface area contributed by atoms with E-state index in [4.69, 9.17) is 17.0 Å². The Morgan fingerprint density at radius 1 is 1.15 bits per heavy atom. The fraction of sp³-hybridized carbons (Fsp3) is 0.273. The number of hydrogen-bond acceptors (Lipinski definition) is 3. The zero-order valence-electron chi connectivity index (χ0n) is 15.3. The van der Waals surface area contributed by atoms with Gasteiger partial charge in [0, 0.05) is 39.6 Å². The minimum absolute atomic E-state index is 0.683. The molecule has 1 heterocycles. The van der Waals surface area contributed by atoms with E-state index >= 15 is 0 Å². The number of nitrogens with zero attached hydrogens (tertiary/aromatic N) is 1. The van der Waals surface area contributed by atoms with E-state index in [1.54, 1.807) is 0 Å². The molecule has 0 aliphatic rings. The SMILES string of the molecule is CCCC(=N)c1cc(C)nc2cc(NCCc3ccccc3Cl)ccc12. The van der Waals surface area contributed by atoms with Crippen LogP contribution in [0.2, 0.25) is 5.02 Å². The van der Waals surface area contributed by atoms with Crippen molar-refractivity contribution in [2.24, 2.45) is 0 Å². The molecule has 3 aromatic rings. The topological polar surface area (TPSA) is 48.8 Å². The molecule has 0 radical (unpaired) electrons. The zero-order chi connectivity index (χ0) is 18.5. The van der Waals surface area contributed by atoms with Gasteiger partial charge in [0.15, 0.2) is 0 Å². The number of rotatable bonds is 7. The maximum absolute atomic E-state index is 8.33. The summed E-state index contributed by atoms with van der Waals surface area (Å²) in [4.78, 5) is 4.66. The molecule has 0 amide bonds. The average molecular weight is 366 g/mol. The highest BCUT2D eigenvalue weighted by Crippen LogP contribution is 2.24. The van der Waals surface area contributed by atoms with Gasteiger partial charge in [-0.05, 0) is 49.6 Å². The van der Waals surface area contributed by atoms with E-state index in [-0.39, 0.29) is 0 Å². The van der Waals surface area contributed by atoms with Gasteiger partial charge in [-0.25, -0.2) is 0 Å². The van der Waals surface area contributed by atoms with Gasteiger partial charge in [0.05, 0.1) is 5.52 Å². The third kappa shape index (κ3) is 4.23. The number of anilines is 1. The summed E-state index contributed by atoms with van der Waals surface area (Å²) >= 11 is 6.22. The summed E-state index contributed by atoms with van der Waals surface area (Å²) in [6.45, 7) is 4.89. The lowest BCUT2D eigenvalue weighted by molar-refractivity contribution is 0.986. The Morgan fingerprint density at radius 3 is 2.73 bits per heavy atom. The molecule has 0 atom stereocenters. The molecule has 4 heteroatoms. The highest BCUT2D eigenvalue weighted by atomic mass is 35.5. The first-order valence-corrected chi connectivity index (χ1v) is 9.42. The molecule has 134 valence electrons. The van der Waals surface area contributed by atoms with Crippen LogP contribution >= 0.6 is 11.6 Å². The van der Waals surface area contributed by atoms with Gasteiger partial charge in [0.25, 0.3) is 0 Å². The predicted octanol–water partition coefficient (Wildman–Crippen LogP) is 6.02. The van der Waals surface area contributed by atoms with Crippen molar-refractivity contribution >= 4 is 33.9 Å². The molecule has 0 bridgehead atoms. The third-order valence-corrected chi connectivity index (χ3v) is 4.81. The van der Waals surface area contributed by atoms with Crippen LogP contribution in [-0.2, 0) is 6.42 Å². The van der Waals surface area contributed by atoms with Crippen LogP contribution in [0.1, 0.15) is 36.6 Å². The number of aryl methyl sites for hydroxylation is 1. The minimum atomic E-state index is 0.683. The first-order valence-electron chi connectivity index (χ1n) is 9.05. The summed E-state index contributed by atoms with van der Waals surface area (Å²) in [5.41, 5.74) is 5.74. The Balaban J connectivity index is 1.78. The van der Waals surface area contributed by atoms with Crippen molar-refractivity contribution in [1.82, 2.24) is 4.98 Å². The van der Waals surface area contributed by atoms with E-state index in [1.165, 1.54) is 0 Å². The normalized spacial score (nSPS) is 10.9. The summed E-state index contributed by atoms with van der Waals surface area (Å²) < 4.78 is 0. The molecule has 0 saturated carbocycles. The van der Waals surface area contributed by atoms with Crippen molar-refractivity contribution in [1.29, 1.82) is 5.41 Å². The van der Waals surface area contributed by atoms with E-state index in [1.807, 2.05) is 31.2 Å². The molecule has 0 aliphatic heterocycles. The Morgan fingerprint density at radius 2 is 1.96 bits per heavy atom. The number of pyridine rings is 1. The molecular weight excluding hydrogens is 342 g/mol. The van der Waals surface area contributed by atoms with Crippen molar-refractivity contribution in [2.75, 3.05) is 11.9 Å². The zero-order valence-corrected chi connectivity index (χ0v) is 16.0. The maximum atomic E-state index is 8.33. The largest absolute Gasteiger partial charge is 0.385 e. The lowest BCUT2D eigenvalue weighted by atomic mass is 10.0. The van der Waals surface area contributed by atoms with Crippen molar-refractivity contribution in [3.63, 3.8) is 0 Å². The Bertz CT molecular complexity index is 934. The van der Waals surface area contributed by atoms with Gasteiger partial charge in [-0.1, -0.05) is 49.2 Å². The van der Waals surface area contributed by atoms with Gasteiger partial charge in [0.2, 0.25) is 0 Å². The van der Waals surface area contributed by atoms with Crippen LogP contribution in [-0.4, -0.2) is 17.2 Å². The molecule has 3 nitrogen and oxygen atoms in total. The van der Waals surface area contributed by atoms with E-state index < -0.39 is 0 Å². The van der Waals surface area contributed by atoms with Gasteiger partial charge in [-0.2, -0.15) is 0 Å². The van der Waals surface area contributed by atoms with Crippen molar-refractivity contribution < 1.29 is 0 Å². The first kappa shape index (κ1) is 18.4. The standard InChI is InChI=1S/C22H24ClN3/c1-3-6-21(24)19-13-15(2)26-22-14-17(9-10-18(19)22)25-12-11-16-7-4-5-8-20(16)23/h4-5,7-10,13-14,24-25H,3,6,11-12H2,1-2H3. The lowest BCUT2D eigenvalue weighted by Crippen LogP contribution is -2.06. The van der Waals surface area contributed by atoms with E-state index in [0.717, 1.165) is 64.2 Å². The van der Waals surface area contributed by atoms with Crippen LogP contribution in [0, 0.1) is 12.3 Å². The molecule has 2 aromatic carbocycles. The highest BCUT2D eigenvalue weighted by Gasteiger charge is 2.09. The maximum Gasteiger partial charge on any atom is 0.0732 e. The molecule has 0 spiro atoms. The van der Waals surface area contributed by atoms with Crippen LogP contribution in [0.15, 0.2) is 48.5 Å². The highest BCUT2D eigenvalue weighted by molar-refractivity contribution is 6.31. The van der Waals surface area contributed by atoms with Gasteiger partial charge in [-0.3, -0.25) is 4.98 Å². The summed E-state index contributed by atoms with van der Waals surface area (Å²) in [7, 11) is 0. The molecule has 0 fully saturated rings. The summed E-state index contributed by atoms with van der Waals surface area (Å²) in [5.74, 6) is 0. The molecular formula is C22H24ClN3. The molecule has 0 saturated heterocycles. The Hall–Kier alpha value is -2.39. The number of fused-ring (bicyclic) bond motifs is 1. The molecule has 3 rings (SSSR count). The van der Waals surface area contributed by atoms with E-state index in [0.29, 0.717) is 5.71 Å². The van der Waals surface area contributed by atoms with Crippen LogP contribution in [0.3, 0.4) is 0 Å². The molecule has 2 N–H and O–H groups in total. The molecule has 0 unspecified atom stereocenters. The summed E-state index contributed by atoms with van der Waals surface area (Å²) in [6.07, 6.45) is 2.63.